The molecular formula is C19H20FN3O2. The van der Waals surface area contributed by atoms with Crippen molar-refractivity contribution in [3.63, 3.8) is 0 Å². The molecular weight excluding hydrogens is 321 g/mol. The summed E-state index contributed by atoms with van der Waals surface area (Å²) in [5.74, 6) is -0.407. The van der Waals surface area contributed by atoms with Gasteiger partial charge in [0.15, 0.2) is 0 Å². The molecule has 25 heavy (non-hydrogen) atoms. The zero-order valence-corrected chi connectivity index (χ0v) is 14.2. The normalized spacial score (nSPS) is 16.8. The molecule has 0 radical (unpaired) electrons. The predicted molar refractivity (Wildman–Crippen MR) is 95.2 cm³/mol. The van der Waals surface area contributed by atoms with Gasteiger partial charge in [0.2, 0.25) is 5.91 Å². The number of anilines is 2. The standard InChI is InChI=1S/C19H20FN3O2/c1-12-3-7-16(8-4-12)23-11-15(10-18(23)24)22-19(25)21-14-6-5-13(2)17(20)9-14/h3-9,15H,10-11H2,1-2H3,(H2,21,22,25)/t15-/m1/s1. The number of nitrogens with zero attached hydrogens (tertiary/aromatic N) is 1. The fourth-order valence-electron chi connectivity index (χ4n) is 2.80. The molecule has 2 N–H and O–H groups in total. The average molecular weight is 341 g/mol. The Morgan fingerprint density at radius 1 is 1.16 bits per heavy atom. The first-order chi connectivity index (χ1) is 11.9. The first kappa shape index (κ1) is 17.0. The monoisotopic (exact) mass is 341 g/mol. The Bertz CT molecular complexity index is 805. The molecule has 0 bridgehead atoms. The predicted octanol–water partition coefficient (Wildman–Crippen LogP) is 3.37. The highest BCUT2D eigenvalue weighted by molar-refractivity contribution is 5.97. The van der Waals surface area contributed by atoms with Crippen molar-refractivity contribution < 1.29 is 14.0 Å². The lowest BCUT2D eigenvalue weighted by atomic mass is 10.2. The summed E-state index contributed by atoms with van der Waals surface area (Å²) in [4.78, 5) is 25.9. The second-order valence-corrected chi connectivity index (χ2v) is 6.30. The van der Waals surface area contributed by atoms with Crippen molar-refractivity contribution in [2.45, 2.75) is 26.3 Å². The molecule has 1 fully saturated rings. The van der Waals surface area contributed by atoms with E-state index in [1.54, 1.807) is 24.0 Å². The summed E-state index contributed by atoms with van der Waals surface area (Å²) >= 11 is 0. The fourth-order valence-corrected chi connectivity index (χ4v) is 2.80. The Labute approximate surface area is 145 Å². The Morgan fingerprint density at radius 2 is 1.88 bits per heavy atom. The van der Waals surface area contributed by atoms with Crippen molar-refractivity contribution in [2.75, 3.05) is 16.8 Å². The minimum Gasteiger partial charge on any atom is -0.333 e. The molecule has 3 rings (SSSR count). The van der Waals surface area contributed by atoms with Crippen LogP contribution in [0, 0.1) is 19.7 Å². The number of carbonyl (C=O) groups excluding carboxylic acids is 2. The first-order valence-corrected chi connectivity index (χ1v) is 8.13. The summed E-state index contributed by atoms with van der Waals surface area (Å²) in [6.45, 7) is 4.05. The van der Waals surface area contributed by atoms with Crippen molar-refractivity contribution >= 4 is 23.3 Å². The highest BCUT2D eigenvalue weighted by Crippen LogP contribution is 2.22. The number of hydrogen-bond donors (Lipinski definition) is 2. The van der Waals surface area contributed by atoms with Gasteiger partial charge in [0.05, 0.1) is 6.04 Å². The molecule has 0 saturated carbocycles. The van der Waals surface area contributed by atoms with E-state index in [0.29, 0.717) is 17.8 Å². The smallest absolute Gasteiger partial charge is 0.319 e. The maximum Gasteiger partial charge on any atom is 0.319 e. The van der Waals surface area contributed by atoms with Crippen LogP contribution < -0.4 is 15.5 Å². The second-order valence-electron chi connectivity index (χ2n) is 6.30. The molecule has 6 heteroatoms. The van der Waals surface area contributed by atoms with Crippen LogP contribution in [0.1, 0.15) is 17.5 Å². The van der Waals surface area contributed by atoms with Gasteiger partial charge in [-0.25, -0.2) is 9.18 Å². The number of hydrogen-bond acceptors (Lipinski definition) is 2. The molecule has 1 atom stereocenters. The number of amides is 3. The van der Waals surface area contributed by atoms with E-state index in [0.717, 1.165) is 11.3 Å². The van der Waals surface area contributed by atoms with E-state index in [-0.39, 0.29) is 24.2 Å². The Balaban J connectivity index is 1.60. The summed E-state index contributed by atoms with van der Waals surface area (Å²) in [7, 11) is 0. The van der Waals surface area contributed by atoms with Crippen LogP contribution in [0.4, 0.5) is 20.6 Å². The fraction of sp³-hybridized carbons (Fsp3) is 0.263. The lowest BCUT2D eigenvalue weighted by Crippen LogP contribution is -2.39. The maximum atomic E-state index is 13.5. The van der Waals surface area contributed by atoms with E-state index < -0.39 is 6.03 Å². The molecule has 1 saturated heterocycles. The highest BCUT2D eigenvalue weighted by atomic mass is 19.1. The van der Waals surface area contributed by atoms with Crippen LogP contribution in [0.3, 0.4) is 0 Å². The lowest BCUT2D eigenvalue weighted by molar-refractivity contribution is -0.117. The van der Waals surface area contributed by atoms with Crippen LogP contribution in [0.2, 0.25) is 0 Å². The van der Waals surface area contributed by atoms with Crippen LogP contribution in [0.5, 0.6) is 0 Å². The van der Waals surface area contributed by atoms with E-state index in [1.165, 1.54) is 6.07 Å². The van der Waals surface area contributed by atoms with Crippen molar-refractivity contribution in [3.8, 4) is 0 Å². The van der Waals surface area contributed by atoms with Gasteiger partial charge in [0.1, 0.15) is 5.82 Å². The lowest BCUT2D eigenvalue weighted by Gasteiger charge is -2.17. The summed E-state index contributed by atoms with van der Waals surface area (Å²) in [5.41, 5.74) is 2.83. The molecule has 5 nitrogen and oxygen atoms in total. The van der Waals surface area contributed by atoms with Gasteiger partial charge in [-0.15, -0.1) is 0 Å². The number of rotatable bonds is 3. The number of nitrogens with one attached hydrogen (secondary N) is 2. The van der Waals surface area contributed by atoms with Gasteiger partial charge in [-0.3, -0.25) is 4.79 Å². The van der Waals surface area contributed by atoms with E-state index >= 15 is 0 Å². The van der Waals surface area contributed by atoms with Gasteiger partial charge in [0, 0.05) is 24.3 Å². The maximum absolute atomic E-state index is 13.5. The molecule has 0 aromatic heterocycles. The number of urea groups is 1. The summed E-state index contributed by atoms with van der Waals surface area (Å²) < 4.78 is 13.5. The minimum atomic E-state index is -0.452. The van der Waals surface area contributed by atoms with Crippen molar-refractivity contribution in [1.82, 2.24) is 5.32 Å². The summed E-state index contributed by atoms with van der Waals surface area (Å²) in [6.07, 6.45) is 0.240. The van der Waals surface area contributed by atoms with E-state index in [9.17, 15) is 14.0 Å². The number of halogens is 1. The van der Waals surface area contributed by atoms with Crippen LogP contribution >= 0.6 is 0 Å². The quantitative estimate of drug-likeness (QED) is 0.899. The Kier molecular flexibility index (Phi) is 4.70. The van der Waals surface area contributed by atoms with E-state index in [2.05, 4.69) is 10.6 Å². The molecule has 3 amide bonds. The Morgan fingerprint density at radius 3 is 2.56 bits per heavy atom. The molecule has 1 heterocycles. The number of aryl methyl sites for hydroxylation is 2. The molecule has 0 spiro atoms. The van der Waals surface area contributed by atoms with Gasteiger partial charge in [-0.05, 0) is 43.7 Å². The van der Waals surface area contributed by atoms with Gasteiger partial charge >= 0.3 is 6.03 Å². The third-order valence-electron chi connectivity index (χ3n) is 4.24. The molecule has 2 aromatic rings. The first-order valence-electron chi connectivity index (χ1n) is 8.13. The van der Waals surface area contributed by atoms with Gasteiger partial charge < -0.3 is 15.5 Å². The third-order valence-corrected chi connectivity index (χ3v) is 4.24. The second kappa shape index (κ2) is 6.93. The zero-order valence-electron chi connectivity index (χ0n) is 14.2. The summed E-state index contributed by atoms with van der Waals surface area (Å²) in [5, 5.41) is 5.36. The summed E-state index contributed by atoms with van der Waals surface area (Å²) in [6, 6.07) is 11.4. The van der Waals surface area contributed by atoms with Crippen LogP contribution in [-0.4, -0.2) is 24.5 Å². The van der Waals surface area contributed by atoms with Gasteiger partial charge in [-0.1, -0.05) is 23.8 Å². The number of benzene rings is 2. The topological polar surface area (TPSA) is 61.4 Å². The largest absolute Gasteiger partial charge is 0.333 e. The molecule has 130 valence electrons. The van der Waals surface area contributed by atoms with Gasteiger partial charge in [0.25, 0.3) is 0 Å². The molecule has 1 aliphatic rings. The van der Waals surface area contributed by atoms with Crippen molar-refractivity contribution in [3.05, 3.63) is 59.4 Å². The highest BCUT2D eigenvalue weighted by Gasteiger charge is 2.31. The van der Waals surface area contributed by atoms with E-state index in [1.807, 2.05) is 31.2 Å². The average Bonchev–Trinajstić information content (AvgIpc) is 2.92. The van der Waals surface area contributed by atoms with Crippen molar-refractivity contribution in [2.24, 2.45) is 0 Å². The third kappa shape index (κ3) is 3.96. The Hall–Kier alpha value is -2.89. The van der Waals surface area contributed by atoms with Crippen molar-refractivity contribution in [1.29, 1.82) is 0 Å². The van der Waals surface area contributed by atoms with Crippen LogP contribution in [-0.2, 0) is 4.79 Å². The SMILES string of the molecule is Cc1ccc(N2C[C@H](NC(=O)Nc3ccc(C)c(F)c3)CC2=O)cc1. The molecule has 2 aromatic carbocycles. The molecule has 0 unspecified atom stereocenters. The minimum absolute atomic E-state index is 0.0319. The van der Waals surface area contributed by atoms with Crippen LogP contribution in [0.15, 0.2) is 42.5 Å². The van der Waals surface area contributed by atoms with Gasteiger partial charge in [-0.2, -0.15) is 0 Å². The molecule has 0 aliphatic carbocycles. The molecule has 1 aliphatic heterocycles. The number of carbonyl (C=O) groups is 2. The van der Waals surface area contributed by atoms with E-state index in [4.69, 9.17) is 0 Å². The van der Waals surface area contributed by atoms with Crippen LogP contribution in [0.25, 0.3) is 0 Å². The zero-order chi connectivity index (χ0) is 18.0.